The normalized spacial score (nSPS) is 16.8. The largest absolute Gasteiger partial charge is 0.368 e. The van der Waals surface area contributed by atoms with Crippen molar-refractivity contribution >= 4 is 17.2 Å². The van der Waals surface area contributed by atoms with Crippen molar-refractivity contribution in [2.24, 2.45) is 0 Å². The Morgan fingerprint density at radius 3 is 2.73 bits per heavy atom. The second kappa shape index (κ2) is 7.15. The molecule has 0 radical (unpaired) electrons. The minimum Gasteiger partial charge on any atom is -0.368 e. The summed E-state index contributed by atoms with van der Waals surface area (Å²) in [6.07, 6.45) is 7.09. The lowest BCUT2D eigenvalue weighted by Crippen LogP contribution is -2.29. The molecule has 6 heteroatoms. The van der Waals surface area contributed by atoms with E-state index in [2.05, 4.69) is 37.6 Å². The molecule has 0 amide bonds. The van der Waals surface area contributed by atoms with Crippen LogP contribution in [0.1, 0.15) is 35.2 Å². The van der Waals surface area contributed by atoms with Crippen LogP contribution < -0.4 is 5.32 Å². The molecule has 5 nitrogen and oxygen atoms in total. The van der Waals surface area contributed by atoms with Crippen molar-refractivity contribution in [3.63, 3.8) is 0 Å². The van der Waals surface area contributed by atoms with Gasteiger partial charge in [0.2, 0.25) is 0 Å². The van der Waals surface area contributed by atoms with Crippen LogP contribution in [0.25, 0.3) is 0 Å². The van der Waals surface area contributed by atoms with Gasteiger partial charge < -0.3 is 10.2 Å². The van der Waals surface area contributed by atoms with Crippen LogP contribution in [0.5, 0.6) is 0 Å². The maximum absolute atomic E-state index is 4.60. The third kappa shape index (κ3) is 4.01. The summed E-state index contributed by atoms with van der Waals surface area (Å²) in [5.41, 5.74) is 2.23. The molecule has 0 bridgehead atoms. The van der Waals surface area contributed by atoms with Gasteiger partial charge in [-0.3, -0.25) is 4.98 Å². The molecule has 0 unspecified atom stereocenters. The van der Waals surface area contributed by atoms with Crippen molar-refractivity contribution in [3.8, 4) is 0 Å². The summed E-state index contributed by atoms with van der Waals surface area (Å²) in [6.45, 7) is 5.18. The number of hydrogen-bond donors (Lipinski definition) is 1. The van der Waals surface area contributed by atoms with Crippen molar-refractivity contribution in [2.45, 2.75) is 32.1 Å². The van der Waals surface area contributed by atoms with Crippen molar-refractivity contribution in [1.29, 1.82) is 0 Å². The third-order valence-electron chi connectivity index (χ3n) is 4.12. The molecular formula is C16H23N5S. The molecule has 3 rings (SSSR count). The highest BCUT2D eigenvalue weighted by Gasteiger charge is 2.19. The number of aryl methyl sites for hydroxylation is 1. The van der Waals surface area contributed by atoms with E-state index in [1.807, 2.05) is 19.3 Å². The van der Waals surface area contributed by atoms with Crippen LogP contribution in [0.4, 0.5) is 5.82 Å². The second-order valence-corrected chi connectivity index (χ2v) is 6.91. The van der Waals surface area contributed by atoms with Gasteiger partial charge in [0.25, 0.3) is 0 Å². The zero-order valence-corrected chi connectivity index (χ0v) is 14.1. The van der Waals surface area contributed by atoms with Crippen LogP contribution in [-0.2, 0) is 6.42 Å². The predicted octanol–water partition coefficient (Wildman–Crippen LogP) is 2.71. The van der Waals surface area contributed by atoms with Crippen molar-refractivity contribution in [3.05, 3.63) is 34.2 Å². The van der Waals surface area contributed by atoms with E-state index in [-0.39, 0.29) is 0 Å². The number of rotatable bonds is 5. The van der Waals surface area contributed by atoms with Crippen LogP contribution in [0.3, 0.4) is 0 Å². The first-order chi connectivity index (χ1) is 10.7. The lowest BCUT2D eigenvalue weighted by molar-refractivity contribution is 0.253. The Morgan fingerprint density at radius 1 is 1.27 bits per heavy atom. The van der Waals surface area contributed by atoms with Gasteiger partial charge in [-0.05, 0) is 39.9 Å². The number of thiazole rings is 1. The zero-order chi connectivity index (χ0) is 15.4. The van der Waals surface area contributed by atoms with Gasteiger partial charge in [-0.1, -0.05) is 0 Å². The van der Waals surface area contributed by atoms with Gasteiger partial charge >= 0.3 is 0 Å². The molecule has 3 heterocycles. The molecule has 0 saturated carbocycles. The SMILES string of the molecule is Cc1csc(CCNc2cnc(C3CCN(C)CC3)cn2)n1. The first-order valence-corrected chi connectivity index (χ1v) is 8.74. The average Bonchev–Trinajstić information content (AvgIpc) is 2.94. The molecule has 22 heavy (non-hydrogen) atoms. The summed E-state index contributed by atoms with van der Waals surface area (Å²) in [6, 6.07) is 0. The monoisotopic (exact) mass is 317 g/mol. The van der Waals surface area contributed by atoms with Gasteiger partial charge in [0.1, 0.15) is 5.82 Å². The number of anilines is 1. The van der Waals surface area contributed by atoms with Crippen molar-refractivity contribution in [1.82, 2.24) is 19.9 Å². The Balaban J connectivity index is 1.49. The van der Waals surface area contributed by atoms with Gasteiger partial charge in [0, 0.05) is 30.0 Å². The summed E-state index contributed by atoms with van der Waals surface area (Å²) >= 11 is 1.71. The van der Waals surface area contributed by atoms with Crippen LogP contribution in [-0.4, -0.2) is 46.5 Å². The molecule has 1 aliphatic rings. The van der Waals surface area contributed by atoms with Gasteiger partial charge in [-0.25, -0.2) is 9.97 Å². The summed E-state index contributed by atoms with van der Waals surface area (Å²) in [4.78, 5) is 15.9. The minimum absolute atomic E-state index is 0.566. The Kier molecular flexibility index (Phi) is 5.00. The lowest BCUT2D eigenvalue weighted by atomic mass is 9.94. The first kappa shape index (κ1) is 15.4. The van der Waals surface area contributed by atoms with Crippen LogP contribution in [0.2, 0.25) is 0 Å². The van der Waals surface area contributed by atoms with E-state index in [0.717, 1.165) is 43.3 Å². The van der Waals surface area contributed by atoms with E-state index in [1.165, 1.54) is 17.8 Å². The molecular weight excluding hydrogens is 294 g/mol. The number of likely N-dealkylation sites (tertiary alicyclic amines) is 1. The highest BCUT2D eigenvalue weighted by atomic mass is 32.1. The third-order valence-corrected chi connectivity index (χ3v) is 5.15. The molecule has 1 saturated heterocycles. The summed E-state index contributed by atoms with van der Waals surface area (Å²) in [7, 11) is 2.18. The topological polar surface area (TPSA) is 53.9 Å². The molecule has 1 N–H and O–H groups in total. The lowest BCUT2D eigenvalue weighted by Gasteiger charge is -2.28. The fourth-order valence-corrected chi connectivity index (χ4v) is 3.54. The van der Waals surface area contributed by atoms with Gasteiger partial charge in [-0.2, -0.15) is 0 Å². The summed E-state index contributed by atoms with van der Waals surface area (Å²) in [5, 5.41) is 6.58. The Morgan fingerprint density at radius 2 is 2.09 bits per heavy atom. The number of aromatic nitrogens is 3. The van der Waals surface area contributed by atoms with Crippen molar-refractivity contribution in [2.75, 3.05) is 32.0 Å². The van der Waals surface area contributed by atoms with E-state index in [0.29, 0.717) is 5.92 Å². The Hall–Kier alpha value is -1.53. The van der Waals surface area contributed by atoms with Crippen molar-refractivity contribution < 1.29 is 0 Å². The first-order valence-electron chi connectivity index (χ1n) is 7.86. The molecule has 0 aliphatic carbocycles. The van der Waals surface area contributed by atoms with Gasteiger partial charge in [0.05, 0.1) is 23.1 Å². The minimum atomic E-state index is 0.566. The molecule has 0 spiro atoms. The van der Waals surface area contributed by atoms with E-state index in [9.17, 15) is 0 Å². The van der Waals surface area contributed by atoms with Crippen LogP contribution in [0, 0.1) is 6.92 Å². The Bertz CT molecular complexity index is 587. The Labute approximate surface area is 135 Å². The van der Waals surface area contributed by atoms with Crippen LogP contribution >= 0.6 is 11.3 Å². The quantitative estimate of drug-likeness (QED) is 0.919. The maximum Gasteiger partial charge on any atom is 0.144 e. The molecule has 0 aromatic carbocycles. The van der Waals surface area contributed by atoms with E-state index in [1.54, 1.807) is 11.3 Å². The van der Waals surface area contributed by atoms with Gasteiger partial charge in [0.15, 0.2) is 0 Å². The van der Waals surface area contributed by atoms with Gasteiger partial charge in [-0.15, -0.1) is 11.3 Å². The molecule has 0 atom stereocenters. The summed E-state index contributed by atoms with van der Waals surface area (Å²) in [5.74, 6) is 1.42. The fourth-order valence-electron chi connectivity index (χ4n) is 2.76. The number of nitrogens with zero attached hydrogens (tertiary/aromatic N) is 4. The average molecular weight is 317 g/mol. The smallest absolute Gasteiger partial charge is 0.144 e. The highest BCUT2D eigenvalue weighted by Crippen LogP contribution is 2.25. The number of nitrogens with one attached hydrogen (secondary N) is 1. The van der Waals surface area contributed by atoms with Crippen LogP contribution in [0.15, 0.2) is 17.8 Å². The fraction of sp³-hybridized carbons (Fsp3) is 0.562. The number of piperidine rings is 1. The highest BCUT2D eigenvalue weighted by molar-refractivity contribution is 7.09. The summed E-state index contributed by atoms with van der Waals surface area (Å²) < 4.78 is 0. The molecule has 2 aromatic rings. The van der Waals surface area contributed by atoms with E-state index in [4.69, 9.17) is 0 Å². The predicted molar refractivity (Wildman–Crippen MR) is 90.5 cm³/mol. The number of hydrogen-bond acceptors (Lipinski definition) is 6. The zero-order valence-electron chi connectivity index (χ0n) is 13.2. The van der Waals surface area contributed by atoms with E-state index < -0.39 is 0 Å². The second-order valence-electron chi connectivity index (χ2n) is 5.96. The molecule has 2 aromatic heterocycles. The van der Waals surface area contributed by atoms with E-state index >= 15 is 0 Å². The standard InChI is InChI=1S/C16H23N5S/c1-12-11-22-16(20-12)3-6-17-15-10-18-14(9-19-15)13-4-7-21(2)8-5-13/h9-11,13H,3-8H2,1-2H3,(H,17,19). The molecule has 118 valence electrons. The molecule has 1 aliphatic heterocycles. The molecule has 1 fully saturated rings. The maximum atomic E-state index is 4.60.